The molecule has 0 aliphatic carbocycles. The average Bonchev–Trinajstić information content (AvgIpc) is 2.47. The van der Waals surface area contributed by atoms with Crippen LogP contribution in [0.25, 0.3) is 0 Å². The third kappa shape index (κ3) is 4.00. The van der Waals surface area contributed by atoms with Crippen molar-refractivity contribution in [2.75, 3.05) is 13.1 Å². The van der Waals surface area contributed by atoms with Crippen LogP contribution >= 0.6 is 43.2 Å². The maximum Gasteiger partial charge on any atom is 0.0843 e. The van der Waals surface area contributed by atoms with E-state index in [1.807, 2.05) is 6.92 Å². The minimum Gasteiger partial charge on any atom is -0.329 e. The van der Waals surface area contributed by atoms with Gasteiger partial charge in [0, 0.05) is 22.4 Å². The molecule has 0 bridgehead atoms. The van der Waals surface area contributed by atoms with Crippen molar-refractivity contribution in [3.05, 3.63) is 31.4 Å². The van der Waals surface area contributed by atoms with Gasteiger partial charge in [0.05, 0.1) is 9.83 Å². The van der Waals surface area contributed by atoms with Crippen molar-refractivity contribution in [1.29, 1.82) is 0 Å². The molecule has 15 heavy (non-hydrogen) atoms. The molecule has 1 aromatic heterocycles. The second kappa shape index (κ2) is 6.15. The quantitative estimate of drug-likeness (QED) is 0.796. The second-order valence-electron chi connectivity index (χ2n) is 3.40. The first kappa shape index (κ1) is 13.4. The summed E-state index contributed by atoms with van der Waals surface area (Å²) in [6.45, 7) is 7.25. The predicted molar refractivity (Wildman–Crippen MR) is 74.3 cm³/mol. The molecule has 0 saturated heterocycles. The summed E-state index contributed by atoms with van der Waals surface area (Å²) in [6, 6.07) is 2.30. The molecule has 1 aromatic rings. The minimum atomic E-state index is 0.203. The third-order valence-electron chi connectivity index (χ3n) is 1.89. The summed E-state index contributed by atoms with van der Waals surface area (Å²) in [4.78, 5) is 1.23. The molecule has 3 N–H and O–H groups in total. The number of rotatable bonds is 5. The van der Waals surface area contributed by atoms with E-state index in [2.05, 4.69) is 49.8 Å². The van der Waals surface area contributed by atoms with E-state index in [1.54, 1.807) is 11.3 Å². The van der Waals surface area contributed by atoms with Crippen molar-refractivity contribution in [2.24, 2.45) is 5.73 Å². The maximum absolute atomic E-state index is 5.73. The first-order valence-electron chi connectivity index (χ1n) is 4.57. The van der Waals surface area contributed by atoms with Gasteiger partial charge in [-0.05, 0) is 44.8 Å². The first-order valence-corrected chi connectivity index (χ1v) is 6.97. The molecule has 1 rings (SSSR count). The van der Waals surface area contributed by atoms with Gasteiger partial charge in [-0.2, -0.15) is 0 Å². The molecule has 0 fully saturated rings. The summed E-state index contributed by atoms with van der Waals surface area (Å²) >= 11 is 8.65. The summed E-state index contributed by atoms with van der Waals surface area (Å²) in [5.41, 5.74) is 6.85. The number of nitrogens with two attached hydrogens (primary N) is 1. The van der Waals surface area contributed by atoms with E-state index in [9.17, 15) is 0 Å². The Morgan fingerprint density at radius 3 is 2.73 bits per heavy atom. The van der Waals surface area contributed by atoms with Gasteiger partial charge in [0.25, 0.3) is 0 Å². The van der Waals surface area contributed by atoms with E-state index < -0.39 is 0 Å². The van der Waals surface area contributed by atoms with Crippen molar-refractivity contribution < 1.29 is 0 Å². The van der Waals surface area contributed by atoms with Crippen LogP contribution in [0.2, 0.25) is 0 Å². The number of hydrogen-bond acceptors (Lipinski definition) is 3. The van der Waals surface area contributed by atoms with Gasteiger partial charge in [0.1, 0.15) is 0 Å². The smallest absolute Gasteiger partial charge is 0.0843 e. The van der Waals surface area contributed by atoms with E-state index in [-0.39, 0.29) is 6.04 Å². The zero-order valence-electron chi connectivity index (χ0n) is 8.52. The highest BCUT2D eigenvalue weighted by molar-refractivity contribution is 9.13. The Balaban J connectivity index is 2.69. The fourth-order valence-electron chi connectivity index (χ4n) is 1.13. The highest BCUT2D eigenvalue weighted by atomic mass is 79.9. The highest BCUT2D eigenvalue weighted by Gasteiger charge is 2.13. The Morgan fingerprint density at radius 2 is 2.33 bits per heavy atom. The monoisotopic (exact) mass is 352 g/mol. The van der Waals surface area contributed by atoms with Crippen molar-refractivity contribution in [1.82, 2.24) is 5.32 Å². The highest BCUT2D eigenvalue weighted by Crippen LogP contribution is 2.35. The fraction of sp³-hybridized carbons (Fsp3) is 0.400. The average molecular weight is 354 g/mol. The molecule has 5 heteroatoms. The molecular formula is C10H14Br2N2S. The molecule has 0 spiro atoms. The van der Waals surface area contributed by atoms with Crippen molar-refractivity contribution in [3.63, 3.8) is 0 Å². The van der Waals surface area contributed by atoms with Crippen molar-refractivity contribution >= 4 is 43.2 Å². The van der Waals surface area contributed by atoms with Crippen molar-refractivity contribution in [2.45, 2.75) is 13.0 Å². The van der Waals surface area contributed by atoms with E-state index in [0.717, 1.165) is 20.4 Å². The molecule has 1 atom stereocenters. The Kier molecular flexibility index (Phi) is 5.49. The van der Waals surface area contributed by atoms with Crippen molar-refractivity contribution in [3.8, 4) is 0 Å². The molecule has 0 amide bonds. The Morgan fingerprint density at radius 1 is 1.67 bits per heavy atom. The summed E-state index contributed by atoms with van der Waals surface area (Å²) < 4.78 is 2.19. The van der Waals surface area contributed by atoms with Crippen LogP contribution < -0.4 is 11.1 Å². The number of halogens is 2. The van der Waals surface area contributed by atoms with Gasteiger partial charge in [0.2, 0.25) is 0 Å². The van der Waals surface area contributed by atoms with E-state index in [4.69, 9.17) is 5.73 Å². The standard InChI is InChI=1S/C10H14Br2N2S/c1-6(2)5-14-8(4-13)9-3-7(11)10(12)15-9/h3,8,14H,1,4-5,13H2,2H3. The van der Waals surface area contributed by atoms with Crippen LogP contribution in [-0.2, 0) is 0 Å². The van der Waals surface area contributed by atoms with Gasteiger partial charge in [-0.25, -0.2) is 0 Å². The van der Waals surface area contributed by atoms with E-state index >= 15 is 0 Å². The lowest BCUT2D eigenvalue weighted by Crippen LogP contribution is -2.28. The van der Waals surface area contributed by atoms with Crippen LogP contribution in [0.1, 0.15) is 17.8 Å². The molecule has 84 valence electrons. The third-order valence-corrected chi connectivity index (χ3v) is 5.26. The van der Waals surface area contributed by atoms with Crippen LogP contribution in [0.5, 0.6) is 0 Å². The minimum absolute atomic E-state index is 0.203. The summed E-state index contributed by atoms with van der Waals surface area (Å²) in [6.07, 6.45) is 0. The number of nitrogens with one attached hydrogen (secondary N) is 1. The lowest BCUT2D eigenvalue weighted by Gasteiger charge is -2.14. The largest absolute Gasteiger partial charge is 0.329 e. The second-order valence-corrected chi connectivity index (χ2v) is 6.65. The van der Waals surface area contributed by atoms with Gasteiger partial charge in [-0.3, -0.25) is 0 Å². The SMILES string of the molecule is C=C(C)CNC(CN)c1cc(Br)c(Br)s1. The number of thiophene rings is 1. The lowest BCUT2D eigenvalue weighted by atomic mass is 10.2. The Hall–Kier alpha value is 0.320. The van der Waals surface area contributed by atoms with Crippen LogP contribution in [0.3, 0.4) is 0 Å². The van der Waals surface area contributed by atoms with E-state index in [0.29, 0.717) is 6.54 Å². The molecular weight excluding hydrogens is 340 g/mol. The van der Waals surface area contributed by atoms with Crippen LogP contribution in [0, 0.1) is 0 Å². The zero-order chi connectivity index (χ0) is 11.4. The molecule has 0 saturated carbocycles. The van der Waals surface area contributed by atoms with Crippen LogP contribution in [0.4, 0.5) is 0 Å². The van der Waals surface area contributed by atoms with E-state index in [1.165, 1.54) is 4.88 Å². The maximum atomic E-state index is 5.73. The van der Waals surface area contributed by atoms with Gasteiger partial charge in [-0.1, -0.05) is 12.2 Å². The first-order chi connectivity index (χ1) is 7.04. The molecule has 0 aromatic carbocycles. The van der Waals surface area contributed by atoms with Gasteiger partial charge < -0.3 is 11.1 Å². The van der Waals surface area contributed by atoms with Gasteiger partial charge in [-0.15, -0.1) is 11.3 Å². The molecule has 0 radical (unpaired) electrons. The van der Waals surface area contributed by atoms with Crippen LogP contribution in [0.15, 0.2) is 26.5 Å². The lowest BCUT2D eigenvalue weighted by molar-refractivity contribution is 0.578. The number of hydrogen-bond donors (Lipinski definition) is 2. The summed E-state index contributed by atoms with van der Waals surface area (Å²) in [5, 5.41) is 3.37. The van der Waals surface area contributed by atoms with Crippen LogP contribution in [-0.4, -0.2) is 13.1 Å². The summed E-state index contributed by atoms with van der Waals surface area (Å²) in [7, 11) is 0. The topological polar surface area (TPSA) is 38.0 Å². The molecule has 1 heterocycles. The summed E-state index contributed by atoms with van der Waals surface area (Å²) in [5.74, 6) is 0. The fourth-order valence-corrected chi connectivity index (χ4v) is 3.31. The Labute approximate surface area is 111 Å². The zero-order valence-corrected chi connectivity index (χ0v) is 12.5. The molecule has 0 aliphatic heterocycles. The normalized spacial score (nSPS) is 12.8. The van der Waals surface area contributed by atoms with Gasteiger partial charge >= 0.3 is 0 Å². The van der Waals surface area contributed by atoms with Gasteiger partial charge in [0.15, 0.2) is 0 Å². The molecule has 0 aliphatic rings. The Bertz CT molecular complexity index is 330. The molecule has 2 nitrogen and oxygen atoms in total. The molecule has 1 unspecified atom stereocenters. The predicted octanol–water partition coefficient (Wildman–Crippen LogP) is 3.44.